The van der Waals surface area contributed by atoms with E-state index < -0.39 is 0 Å². The van der Waals surface area contributed by atoms with Crippen LogP contribution in [0.2, 0.25) is 0 Å². The standard InChI is InChI=1S/C24H19N7OS/c1-29-15-20(6-7-23(29)32)30-14-19(12-27-30)17-8-22(24-18(10-26)11-28-31(24)13-17)33-21-5-3-2-4-16(21)9-25/h2-5,8,11-14,20H,6-7,15H2,1H3/t20-/m0/s1. The largest absolute Gasteiger partial charge is 0.344 e. The summed E-state index contributed by atoms with van der Waals surface area (Å²) in [6.45, 7) is 0.635. The lowest BCUT2D eigenvalue weighted by Crippen LogP contribution is -2.38. The van der Waals surface area contributed by atoms with Crippen LogP contribution >= 0.6 is 11.8 Å². The highest BCUT2D eigenvalue weighted by molar-refractivity contribution is 7.99. The maximum Gasteiger partial charge on any atom is 0.222 e. The van der Waals surface area contributed by atoms with E-state index in [0.29, 0.717) is 29.6 Å². The van der Waals surface area contributed by atoms with Gasteiger partial charge in [-0.3, -0.25) is 9.48 Å². The molecule has 33 heavy (non-hydrogen) atoms. The Hall–Kier alpha value is -4.08. The van der Waals surface area contributed by atoms with Crippen LogP contribution in [0.4, 0.5) is 0 Å². The average molecular weight is 454 g/mol. The Bertz CT molecular complexity index is 1460. The fourth-order valence-electron chi connectivity index (χ4n) is 4.06. The number of aromatic nitrogens is 4. The highest BCUT2D eigenvalue weighted by Gasteiger charge is 2.25. The number of piperidine rings is 1. The number of likely N-dealkylation sites (tertiary alicyclic amines) is 1. The molecule has 1 amide bonds. The number of benzene rings is 1. The summed E-state index contributed by atoms with van der Waals surface area (Å²) in [5, 5.41) is 28.0. The van der Waals surface area contributed by atoms with Crippen LogP contribution in [0.3, 0.4) is 0 Å². The van der Waals surface area contributed by atoms with E-state index in [2.05, 4.69) is 22.3 Å². The van der Waals surface area contributed by atoms with Gasteiger partial charge in [0.05, 0.1) is 35.1 Å². The number of hydrogen-bond donors (Lipinski definition) is 0. The van der Waals surface area contributed by atoms with Crippen LogP contribution in [0.25, 0.3) is 16.6 Å². The van der Waals surface area contributed by atoms with Crippen molar-refractivity contribution in [2.45, 2.75) is 28.7 Å². The third-order valence-electron chi connectivity index (χ3n) is 5.84. The first-order valence-electron chi connectivity index (χ1n) is 10.4. The van der Waals surface area contributed by atoms with E-state index in [-0.39, 0.29) is 11.9 Å². The summed E-state index contributed by atoms with van der Waals surface area (Å²) >= 11 is 1.44. The third-order valence-corrected chi connectivity index (χ3v) is 6.94. The minimum absolute atomic E-state index is 0.136. The molecule has 9 heteroatoms. The maximum atomic E-state index is 11.8. The number of likely N-dealkylation sites (N-methyl/N-ethyl adjacent to an activating group) is 1. The zero-order valence-electron chi connectivity index (χ0n) is 17.8. The average Bonchev–Trinajstić information content (AvgIpc) is 3.48. The molecule has 1 fully saturated rings. The summed E-state index contributed by atoms with van der Waals surface area (Å²) in [5.41, 5.74) is 3.58. The third kappa shape index (κ3) is 3.84. The molecule has 0 N–H and O–H groups in total. The highest BCUT2D eigenvalue weighted by Crippen LogP contribution is 2.37. The van der Waals surface area contributed by atoms with Crippen LogP contribution < -0.4 is 0 Å². The number of rotatable bonds is 4. The number of carbonyl (C=O) groups excluding carboxylic acids is 1. The summed E-state index contributed by atoms with van der Waals surface area (Å²) in [4.78, 5) is 15.2. The summed E-state index contributed by atoms with van der Waals surface area (Å²) in [5.74, 6) is 0.162. The second-order valence-corrected chi connectivity index (χ2v) is 9.03. The molecule has 5 rings (SSSR count). The van der Waals surface area contributed by atoms with Crippen molar-refractivity contribution in [1.82, 2.24) is 24.3 Å². The van der Waals surface area contributed by atoms with E-state index in [9.17, 15) is 15.3 Å². The second-order valence-electron chi connectivity index (χ2n) is 7.94. The molecule has 0 bridgehead atoms. The van der Waals surface area contributed by atoms with Gasteiger partial charge in [-0.15, -0.1) is 0 Å². The minimum atomic E-state index is 0.136. The summed E-state index contributed by atoms with van der Waals surface area (Å²) in [6, 6.07) is 14.0. The van der Waals surface area contributed by atoms with Crippen molar-refractivity contribution >= 4 is 23.2 Å². The van der Waals surface area contributed by atoms with Crippen molar-refractivity contribution in [2.75, 3.05) is 13.6 Å². The van der Waals surface area contributed by atoms with Crippen LogP contribution in [0.15, 0.2) is 64.9 Å². The van der Waals surface area contributed by atoms with Gasteiger partial charge in [-0.05, 0) is 24.6 Å². The summed E-state index contributed by atoms with van der Waals surface area (Å²) < 4.78 is 3.62. The normalized spacial score (nSPS) is 16.0. The number of carbonyl (C=O) groups is 1. The number of nitrogens with zero attached hydrogens (tertiary/aromatic N) is 7. The number of amides is 1. The molecule has 162 valence electrons. The predicted molar refractivity (Wildman–Crippen MR) is 122 cm³/mol. The molecule has 1 atom stereocenters. The molecule has 0 aliphatic carbocycles. The van der Waals surface area contributed by atoms with Crippen molar-refractivity contribution in [1.29, 1.82) is 10.5 Å². The van der Waals surface area contributed by atoms with Gasteiger partial charge in [0, 0.05) is 53.3 Å². The van der Waals surface area contributed by atoms with Gasteiger partial charge in [0.2, 0.25) is 5.91 Å². The van der Waals surface area contributed by atoms with Crippen LogP contribution in [0, 0.1) is 22.7 Å². The van der Waals surface area contributed by atoms with E-state index in [1.807, 2.05) is 54.6 Å². The van der Waals surface area contributed by atoms with E-state index in [4.69, 9.17) is 0 Å². The van der Waals surface area contributed by atoms with Gasteiger partial charge in [-0.2, -0.15) is 20.7 Å². The first-order valence-corrected chi connectivity index (χ1v) is 11.3. The molecule has 0 unspecified atom stereocenters. The molecule has 1 aromatic carbocycles. The number of pyridine rings is 1. The van der Waals surface area contributed by atoms with Crippen molar-refractivity contribution in [3.8, 4) is 23.3 Å². The van der Waals surface area contributed by atoms with Gasteiger partial charge < -0.3 is 4.90 Å². The molecular weight excluding hydrogens is 434 g/mol. The molecule has 8 nitrogen and oxygen atoms in total. The Morgan fingerprint density at radius 2 is 1.85 bits per heavy atom. The van der Waals surface area contributed by atoms with Gasteiger partial charge >= 0.3 is 0 Å². The lowest BCUT2D eigenvalue weighted by atomic mass is 10.1. The van der Waals surface area contributed by atoms with E-state index >= 15 is 0 Å². The zero-order valence-corrected chi connectivity index (χ0v) is 18.7. The fraction of sp³-hybridized carbons (Fsp3) is 0.208. The summed E-state index contributed by atoms with van der Waals surface area (Å²) in [6.07, 6.45) is 8.52. The molecule has 1 saturated heterocycles. The first kappa shape index (κ1) is 20.8. The molecular formula is C24H19N7OS. The summed E-state index contributed by atoms with van der Waals surface area (Å²) in [7, 11) is 1.82. The molecule has 3 aromatic heterocycles. The van der Waals surface area contributed by atoms with E-state index in [1.165, 1.54) is 11.8 Å². The van der Waals surface area contributed by atoms with E-state index in [0.717, 1.165) is 27.3 Å². The van der Waals surface area contributed by atoms with Gasteiger partial charge in [0.15, 0.2) is 0 Å². The van der Waals surface area contributed by atoms with Crippen molar-refractivity contribution in [3.05, 3.63) is 66.2 Å². The highest BCUT2D eigenvalue weighted by atomic mass is 32.2. The minimum Gasteiger partial charge on any atom is -0.344 e. The quantitative estimate of drug-likeness (QED) is 0.464. The monoisotopic (exact) mass is 453 g/mol. The Labute approximate surface area is 194 Å². The van der Waals surface area contributed by atoms with Crippen molar-refractivity contribution in [3.63, 3.8) is 0 Å². The molecule has 0 spiro atoms. The lowest BCUT2D eigenvalue weighted by Gasteiger charge is -2.29. The van der Waals surface area contributed by atoms with Gasteiger partial charge in [0.1, 0.15) is 12.1 Å². The van der Waals surface area contributed by atoms with Crippen LogP contribution in [-0.4, -0.2) is 43.8 Å². The smallest absolute Gasteiger partial charge is 0.222 e. The molecule has 0 radical (unpaired) electrons. The zero-order chi connectivity index (χ0) is 22.9. The van der Waals surface area contributed by atoms with Crippen LogP contribution in [0.5, 0.6) is 0 Å². The topological polar surface area (TPSA) is 103 Å². The van der Waals surface area contributed by atoms with Gasteiger partial charge in [-0.25, -0.2) is 4.52 Å². The predicted octanol–water partition coefficient (Wildman–Crippen LogP) is 3.89. The maximum absolute atomic E-state index is 11.8. The number of nitriles is 2. The Balaban J connectivity index is 1.55. The number of fused-ring (bicyclic) bond motifs is 1. The van der Waals surface area contributed by atoms with Crippen molar-refractivity contribution < 1.29 is 4.79 Å². The fourth-order valence-corrected chi connectivity index (χ4v) is 5.15. The van der Waals surface area contributed by atoms with Crippen LogP contribution in [-0.2, 0) is 4.79 Å². The Morgan fingerprint density at radius 1 is 1.03 bits per heavy atom. The first-order chi connectivity index (χ1) is 16.1. The lowest BCUT2D eigenvalue weighted by molar-refractivity contribution is -0.133. The molecule has 4 heterocycles. The van der Waals surface area contributed by atoms with E-state index in [1.54, 1.807) is 21.7 Å². The van der Waals surface area contributed by atoms with Crippen molar-refractivity contribution in [2.24, 2.45) is 0 Å². The molecule has 4 aromatic rings. The SMILES string of the molecule is CN1C[C@@H](n2cc(-c3cc(Sc4ccccc4C#N)c4c(C#N)cnn4c3)cn2)CCC1=O. The molecule has 0 saturated carbocycles. The van der Waals surface area contributed by atoms with Gasteiger partial charge in [0.25, 0.3) is 0 Å². The molecule has 1 aliphatic rings. The molecule has 1 aliphatic heterocycles. The van der Waals surface area contributed by atoms with Gasteiger partial charge in [-0.1, -0.05) is 23.9 Å². The Morgan fingerprint density at radius 3 is 2.64 bits per heavy atom. The second kappa shape index (κ2) is 8.45. The van der Waals surface area contributed by atoms with Crippen LogP contribution in [0.1, 0.15) is 30.0 Å². The Kier molecular flexibility index (Phi) is 5.33. The number of hydrogen-bond acceptors (Lipinski definition) is 6.